The zero-order valence-electron chi connectivity index (χ0n) is 12.6. The Balaban J connectivity index is 1.77. The summed E-state index contributed by atoms with van der Waals surface area (Å²) in [6.07, 6.45) is -3.81. The second-order valence-corrected chi connectivity index (χ2v) is 6.52. The molecule has 0 aliphatic carbocycles. The number of alkyl halides is 3. The predicted molar refractivity (Wildman–Crippen MR) is 80.2 cm³/mol. The van der Waals surface area contributed by atoms with Crippen LogP contribution in [0.25, 0.3) is 0 Å². The van der Waals surface area contributed by atoms with E-state index in [1.165, 1.54) is 4.90 Å². The van der Waals surface area contributed by atoms with Crippen molar-refractivity contribution in [1.29, 1.82) is 0 Å². The van der Waals surface area contributed by atoms with Gasteiger partial charge in [-0.2, -0.15) is 13.2 Å². The van der Waals surface area contributed by atoms with Gasteiger partial charge < -0.3 is 15.1 Å². The maximum absolute atomic E-state index is 12.3. The number of nitrogens with one attached hydrogen (secondary N) is 1. The van der Waals surface area contributed by atoms with Gasteiger partial charge in [-0.3, -0.25) is 4.79 Å². The topological polar surface area (TPSA) is 52.7 Å². The first kappa shape index (κ1) is 17.6. The van der Waals surface area contributed by atoms with Gasteiger partial charge in [-0.15, -0.1) is 11.3 Å². The number of hydrogen-bond acceptors (Lipinski definition) is 3. The van der Waals surface area contributed by atoms with Crippen LogP contribution >= 0.6 is 11.3 Å². The molecule has 1 aromatic rings. The van der Waals surface area contributed by atoms with E-state index < -0.39 is 24.7 Å². The van der Waals surface area contributed by atoms with Crippen LogP contribution < -0.4 is 5.32 Å². The normalized spacial score (nSPS) is 18.3. The Morgan fingerprint density at radius 1 is 1.52 bits per heavy atom. The van der Waals surface area contributed by atoms with Crippen LogP contribution in [0.5, 0.6) is 0 Å². The van der Waals surface area contributed by atoms with Gasteiger partial charge in [0.25, 0.3) is 0 Å². The molecule has 5 nitrogen and oxygen atoms in total. The molecule has 2 rings (SSSR count). The summed E-state index contributed by atoms with van der Waals surface area (Å²) in [5.41, 5.74) is 0. The van der Waals surface area contributed by atoms with E-state index in [-0.39, 0.29) is 19.0 Å². The summed E-state index contributed by atoms with van der Waals surface area (Å²) in [4.78, 5) is 26.9. The average molecular weight is 349 g/mol. The molecule has 0 aromatic carbocycles. The minimum absolute atomic E-state index is 0.0966. The van der Waals surface area contributed by atoms with Gasteiger partial charge in [-0.1, -0.05) is 6.07 Å². The van der Waals surface area contributed by atoms with E-state index in [2.05, 4.69) is 5.32 Å². The number of rotatable bonds is 5. The number of likely N-dealkylation sites (tertiary alicyclic amines) is 1. The van der Waals surface area contributed by atoms with Crippen LogP contribution in [0.15, 0.2) is 17.5 Å². The third-order valence-electron chi connectivity index (χ3n) is 3.53. The highest BCUT2D eigenvalue weighted by molar-refractivity contribution is 7.09. The maximum Gasteiger partial charge on any atom is 0.406 e. The first-order chi connectivity index (χ1) is 10.7. The first-order valence-electron chi connectivity index (χ1n) is 7.13. The minimum Gasteiger partial charge on any atom is -0.333 e. The molecule has 3 amide bonds. The highest BCUT2D eigenvalue weighted by atomic mass is 32.1. The Kier molecular flexibility index (Phi) is 5.51. The standard InChI is InChI=1S/C14H18F3N3O2S/c1-19(5-4-11-3-2-6-23-11)13(22)18-10-7-12(21)20(8-10)9-14(15,16)17/h2-3,6,10H,4-5,7-9H2,1H3,(H,18,22)/t10-/m1/s1. The van der Waals surface area contributed by atoms with Crippen molar-refractivity contribution in [2.24, 2.45) is 0 Å². The lowest BCUT2D eigenvalue weighted by molar-refractivity contribution is -0.157. The molecule has 1 N–H and O–H groups in total. The Hall–Kier alpha value is -1.77. The predicted octanol–water partition coefficient (Wildman–Crippen LogP) is 2.10. The number of carbonyl (C=O) groups is 2. The van der Waals surface area contributed by atoms with Crippen molar-refractivity contribution in [3.63, 3.8) is 0 Å². The van der Waals surface area contributed by atoms with Crippen LogP contribution in [0.3, 0.4) is 0 Å². The van der Waals surface area contributed by atoms with Crippen LogP contribution in [-0.2, 0) is 11.2 Å². The van der Waals surface area contributed by atoms with E-state index in [4.69, 9.17) is 0 Å². The number of hydrogen-bond donors (Lipinski definition) is 1. The molecule has 1 atom stereocenters. The van der Waals surface area contributed by atoms with Crippen LogP contribution in [0.1, 0.15) is 11.3 Å². The largest absolute Gasteiger partial charge is 0.406 e. The van der Waals surface area contributed by atoms with E-state index in [0.717, 1.165) is 9.78 Å². The third-order valence-corrected chi connectivity index (χ3v) is 4.47. The number of thiophene rings is 1. The van der Waals surface area contributed by atoms with Gasteiger partial charge in [0.2, 0.25) is 5.91 Å². The number of urea groups is 1. The zero-order valence-corrected chi connectivity index (χ0v) is 13.4. The molecule has 2 heterocycles. The van der Waals surface area contributed by atoms with Crippen LogP contribution in [0.4, 0.5) is 18.0 Å². The summed E-state index contributed by atoms with van der Waals surface area (Å²) < 4.78 is 37.0. The monoisotopic (exact) mass is 349 g/mol. The van der Waals surface area contributed by atoms with Crippen molar-refractivity contribution < 1.29 is 22.8 Å². The SMILES string of the molecule is CN(CCc1cccs1)C(=O)N[C@@H]1CC(=O)N(CC(F)(F)F)C1. The van der Waals surface area contributed by atoms with Crippen LogP contribution in [0, 0.1) is 0 Å². The van der Waals surface area contributed by atoms with Gasteiger partial charge in [0.15, 0.2) is 0 Å². The summed E-state index contributed by atoms with van der Waals surface area (Å²) in [6, 6.07) is 2.94. The molecule has 0 saturated carbocycles. The van der Waals surface area contributed by atoms with Crippen molar-refractivity contribution in [1.82, 2.24) is 15.1 Å². The molecule has 1 fully saturated rings. The molecule has 128 valence electrons. The van der Waals surface area contributed by atoms with Gasteiger partial charge >= 0.3 is 12.2 Å². The van der Waals surface area contributed by atoms with Gasteiger partial charge in [-0.25, -0.2) is 4.79 Å². The molecule has 0 spiro atoms. The van der Waals surface area contributed by atoms with Gasteiger partial charge in [0, 0.05) is 31.4 Å². The van der Waals surface area contributed by atoms with Crippen molar-refractivity contribution >= 4 is 23.3 Å². The average Bonchev–Trinajstić information content (AvgIpc) is 3.05. The van der Waals surface area contributed by atoms with Crippen LogP contribution in [0.2, 0.25) is 0 Å². The lowest BCUT2D eigenvalue weighted by Crippen LogP contribution is -2.45. The van der Waals surface area contributed by atoms with Gasteiger partial charge in [-0.05, 0) is 17.9 Å². The van der Waals surface area contributed by atoms with E-state index in [9.17, 15) is 22.8 Å². The van der Waals surface area contributed by atoms with E-state index >= 15 is 0 Å². The summed E-state index contributed by atoms with van der Waals surface area (Å²) in [5.74, 6) is -0.589. The van der Waals surface area contributed by atoms with E-state index in [1.54, 1.807) is 18.4 Å². The molecule has 0 unspecified atom stereocenters. The van der Waals surface area contributed by atoms with Crippen molar-refractivity contribution in [2.45, 2.75) is 25.1 Å². The number of carbonyl (C=O) groups excluding carboxylic acids is 2. The molecular formula is C14H18F3N3O2S. The molecule has 1 saturated heterocycles. The lowest BCUT2D eigenvalue weighted by atomic mass is 10.2. The lowest BCUT2D eigenvalue weighted by Gasteiger charge is -2.21. The fourth-order valence-electron chi connectivity index (χ4n) is 2.36. The molecule has 0 radical (unpaired) electrons. The molecule has 1 aliphatic heterocycles. The summed E-state index contributed by atoms with van der Waals surface area (Å²) in [7, 11) is 1.62. The molecule has 23 heavy (non-hydrogen) atoms. The number of nitrogens with zero attached hydrogens (tertiary/aromatic N) is 2. The maximum atomic E-state index is 12.3. The van der Waals surface area contributed by atoms with Crippen molar-refractivity contribution in [3.05, 3.63) is 22.4 Å². The Bertz CT molecular complexity index is 548. The molecule has 0 bridgehead atoms. The third kappa shape index (κ3) is 5.42. The summed E-state index contributed by atoms with van der Waals surface area (Å²) >= 11 is 1.60. The first-order valence-corrected chi connectivity index (χ1v) is 8.01. The Labute approximate surface area is 136 Å². The molecule has 9 heteroatoms. The minimum atomic E-state index is -4.42. The quantitative estimate of drug-likeness (QED) is 0.885. The highest BCUT2D eigenvalue weighted by Gasteiger charge is 2.38. The van der Waals surface area contributed by atoms with Gasteiger partial charge in [0.1, 0.15) is 6.54 Å². The van der Waals surface area contributed by atoms with E-state index in [0.29, 0.717) is 13.0 Å². The smallest absolute Gasteiger partial charge is 0.333 e. The number of amides is 3. The van der Waals surface area contributed by atoms with Crippen LogP contribution in [-0.4, -0.2) is 60.6 Å². The second kappa shape index (κ2) is 7.20. The summed E-state index contributed by atoms with van der Waals surface area (Å²) in [5, 5.41) is 4.57. The second-order valence-electron chi connectivity index (χ2n) is 5.49. The number of halogens is 3. The highest BCUT2D eigenvalue weighted by Crippen LogP contribution is 2.21. The molecular weight excluding hydrogens is 331 g/mol. The molecule has 1 aliphatic rings. The fraction of sp³-hybridized carbons (Fsp3) is 0.571. The Morgan fingerprint density at radius 2 is 2.26 bits per heavy atom. The molecule has 1 aromatic heterocycles. The fourth-order valence-corrected chi connectivity index (χ4v) is 3.06. The van der Waals surface area contributed by atoms with Gasteiger partial charge in [0.05, 0.1) is 6.04 Å². The summed E-state index contributed by atoms with van der Waals surface area (Å²) in [6.45, 7) is -0.880. The van der Waals surface area contributed by atoms with E-state index in [1.807, 2.05) is 17.5 Å². The van der Waals surface area contributed by atoms with Crippen molar-refractivity contribution in [3.8, 4) is 0 Å². The Morgan fingerprint density at radius 3 is 2.87 bits per heavy atom. The zero-order chi connectivity index (χ0) is 17.0. The number of likely N-dealkylation sites (N-methyl/N-ethyl adjacent to an activating group) is 1. The van der Waals surface area contributed by atoms with Crippen molar-refractivity contribution in [2.75, 3.05) is 26.7 Å².